The Labute approximate surface area is 121 Å². The lowest BCUT2D eigenvalue weighted by molar-refractivity contribution is 0.260. The van der Waals surface area contributed by atoms with E-state index in [9.17, 15) is 4.39 Å². The van der Waals surface area contributed by atoms with E-state index in [1.165, 1.54) is 6.07 Å². The molecule has 2 aromatic carbocycles. The van der Waals surface area contributed by atoms with Gasteiger partial charge in [0, 0.05) is 12.0 Å². The molecule has 0 bridgehead atoms. The van der Waals surface area contributed by atoms with Gasteiger partial charge >= 0.3 is 0 Å². The Morgan fingerprint density at radius 2 is 2.10 bits per heavy atom. The van der Waals surface area contributed by atoms with Crippen molar-refractivity contribution in [1.82, 2.24) is 9.97 Å². The second kappa shape index (κ2) is 4.77. The quantitative estimate of drug-likeness (QED) is 0.755. The molecule has 2 N–H and O–H groups in total. The van der Waals surface area contributed by atoms with Crippen molar-refractivity contribution in [3.8, 4) is 5.75 Å². The third-order valence-electron chi connectivity index (χ3n) is 3.73. The normalized spacial score (nSPS) is 17.3. The van der Waals surface area contributed by atoms with Crippen LogP contribution in [0.15, 0.2) is 42.5 Å². The van der Waals surface area contributed by atoms with Crippen LogP contribution in [0, 0.1) is 5.82 Å². The Morgan fingerprint density at radius 3 is 3.00 bits per heavy atom. The average molecular weight is 283 g/mol. The van der Waals surface area contributed by atoms with Crippen molar-refractivity contribution in [2.45, 2.75) is 12.5 Å². The van der Waals surface area contributed by atoms with Crippen LogP contribution in [-0.2, 0) is 0 Å². The zero-order valence-electron chi connectivity index (χ0n) is 11.3. The maximum Gasteiger partial charge on any atom is 0.201 e. The lowest BCUT2D eigenvalue weighted by Gasteiger charge is -2.26. The Balaban J connectivity index is 1.68. The molecule has 106 valence electrons. The molecule has 1 aliphatic rings. The predicted molar refractivity (Wildman–Crippen MR) is 79.0 cm³/mol. The fourth-order valence-electron chi connectivity index (χ4n) is 2.72. The molecular weight excluding hydrogens is 269 g/mol. The van der Waals surface area contributed by atoms with Crippen molar-refractivity contribution in [3.63, 3.8) is 0 Å². The van der Waals surface area contributed by atoms with Crippen molar-refractivity contribution in [2.24, 2.45) is 0 Å². The lowest BCUT2D eigenvalue weighted by Crippen LogP contribution is -2.21. The summed E-state index contributed by atoms with van der Waals surface area (Å²) < 4.78 is 19.2. The van der Waals surface area contributed by atoms with Gasteiger partial charge in [0.25, 0.3) is 0 Å². The van der Waals surface area contributed by atoms with E-state index in [1.807, 2.05) is 30.3 Å². The van der Waals surface area contributed by atoms with Gasteiger partial charge in [0.2, 0.25) is 5.95 Å². The second-order valence-corrected chi connectivity index (χ2v) is 5.09. The fraction of sp³-hybridized carbons (Fsp3) is 0.188. The number of nitrogens with one attached hydrogen (secondary N) is 2. The van der Waals surface area contributed by atoms with Gasteiger partial charge in [-0.1, -0.05) is 24.3 Å². The minimum atomic E-state index is -0.316. The number of imidazole rings is 1. The van der Waals surface area contributed by atoms with Crippen LogP contribution in [0.4, 0.5) is 10.3 Å². The number of para-hydroxylation sites is 3. The number of aromatic nitrogens is 2. The maximum absolute atomic E-state index is 13.8. The average Bonchev–Trinajstić information content (AvgIpc) is 2.90. The Bertz CT molecular complexity index is 766. The van der Waals surface area contributed by atoms with Gasteiger partial charge < -0.3 is 15.0 Å². The highest BCUT2D eigenvalue weighted by Crippen LogP contribution is 2.35. The molecule has 4 rings (SSSR count). The van der Waals surface area contributed by atoms with Crippen LogP contribution < -0.4 is 10.1 Å². The van der Waals surface area contributed by atoms with Gasteiger partial charge in [0.05, 0.1) is 23.7 Å². The number of H-pyrrole nitrogens is 1. The fourth-order valence-corrected chi connectivity index (χ4v) is 2.72. The topological polar surface area (TPSA) is 49.9 Å². The first-order valence-corrected chi connectivity index (χ1v) is 6.94. The second-order valence-electron chi connectivity index (χ2n) is 5.09. The molecular formula is C16H14FN3O. The number of hydrogen-bond donors (Lipinski definition) is 2. The van der Waals surface area contributed by atoms with Gasteiger partial charge in [0.15, 0.2) is 11.6 Å². The van der Waals surface area contributed by atoms with Crippen molar-refractivity contribution >= 4 is 17.0 Å². The molecule has 0 fully saturated rings. The van der Waals surface area contributed by atoms with Gasteiger partial charge in [-0.05, 0) is 18.2 Å². The van der Waals surface area contributed by atoms with Crippen molar-refractivity contribution in [3.05, 3.63) is 53.8 Å². The molecule has 3 aromatic rings. The van der Waals surface area contributed by atoms with E-state index in [2.05, 4.69) is 15.3 Å². The molecule has 1 aromatic heterocycles. The molecule has 0 radical (unpaired) electrons. The smallest absolute Gasteiger partial charge is 0.201 e. The first-order valence-electron chi connectivity index (χ1n) is 6.94. The molecule has 0 aliphatic carbocycles. The Morgan fingerprint density at radius 1 is 1.19 bits per heavy atom. The van der Waals surface area contributed by atoms with Crippen LogP contribution in [-0.4, -0.2) is 16.6 Å². The minimum absolute atomic E-state index is 0.00925. The first-order chi connectivity index (χ1) is 10.3. The van der Waals surface area contributed by atoms with E-state index in [0.29, 0.717) is 18.3 Å². The highest BCUT2D eigenvalue weighted by Gasteiger charge is 2.24. The summed E-state index contributed by atoms with van der Waals surface area (Å²) in [6, 6.07) is 12.8. The molecule has 5 heteroatoms. The number of ether oxygens (including phenoxy) is 1. The van der Waals surface area contributed by atoms with E-state index >= 15 is 0 Å². The van der Waals surface area contributed by atoms with Crippen molar-refractivity contribution < 1.29 is 9.13 Å². The number of halogens is 1. The molecule has 2 heterocycles. The minimum Gasteiger partial charge on any atom is -0.490 e. The summed E-state index contributed by atoms with van der Waals surface area (Å²) in [6.07, 6.45) is 0.771. The van der Waals surface area contributed by atoms with Crippen LogP contribution in [0.5, 0.6) is 5.75 Å². The molecule has 0 unspecified atom stereocenters. The number of rotatable bonds is 2. The SMILES string of the molecule is Fc1cccc2c1OCC[C@@H]2Nc1nc2ccccc2[nH]1. The monoisotopic (exact) mass is 283 g/mol. The van der Waals surface area contributed by atoms with Crippen LogP contribution in [0.1, 0.15) is 18.0 Å². The van der Waals surface area contributed by atoms with E-state index in [4.69, 9.17) is 4.74 Å². The first kappa shape index (κ1) is 12.2. The lowest BCUT2D eigenvalue weighted by atomic mass is 10.0. The van der Waals surface area contributed by atoms with Gasteiger partial charge in [-0.25, -0.2) is 9.37 Å². The van der Waals surface area contributed by atoms with Crippen LogP contribution in [0.2, 0.25) is 0 Å². The zero-order valence-corrected chi connectivity index (χ0v) is 11.3. The third-order valence-corrected chi connectivity index (χ3v) is 3.73. The summed E-state index contributed by atoms with van der Waals surface area (Å²) in [5.41, 5.74) is 2.72. The molecule has 0 amide bonds. The molecule has 0 spiro atoms. The number of anilines is 1. The van der Waals surface area contributed by atoms with Crippen molar-refractivity contribution in [1.29, 1.82) is 0 Å². The van der Waals surface area contributed by atoms with E-state index in [-0.39, 0.29) is 11.9 Å². The summed E-state index contributed by atoms with van der Waals surface area (Å²) >= 11 is 0. The molecule has 1 atom stereocenters. The Kier molecular flexibility index (Phi) is 2.77. The predicted octanol–water partition coefficient (Wildman–Crippen LogP) is 3.64. The molecule has 4 nitrogen and oxygen atoms in total. The summed E-state index contributed by atoms with van der Waals surface area (Å²) in [5.74, 6) is 0.722. The van der Waals surface area contributed by atoms with E-state index in [1.54, 1.807) is 6.07 Å². The molecule has 21 heavy (non-hydrogen) atoms. The maximum atomic E-state index is 13.8. The van der Waals surface area contributed by atoms with Gasteiger partial charge in [-0.2, -0.15) is 0 Å². The van der Waals surface area contributed by atoms with Crippen molar-refractivity contribution in [2.75, 3.05) is 11.9 Å². The van der Waals surface area contributed by atoms with Gasteiger partial charge in [-0.3, -0.25) is 0 Å². The van der Waals surface area contributed by atoms with E-state index in [0.717, 1.165) is 23.0 Å². The van der Waals surface area contributed by atoms with Crippen LogP contribution in [0.3, 0.4) is 0 Å². The van der Waals surface area contributed by atoms with Crippen LogP contribution in [0.25, 0.3) is 11.0 Å². The standard InChI is InChI=1S/C16H14FN3O/c17-11-5-3-4-10-12(8-9-21-15(10)11)18-16-19-13-6-1-2-7-14(13)20-16/h1-7,12H,8-9H2,(H2,18,19,20)/t12-/m0/s1. The Hall–Kier alpha value is -2.56. The molecule has 0 saturated heterocycles. The largest absolute Gasteiger partial charge is 0.490 e. The summed E-state index contributed by atoms with van der Waals surface area (Å²) in [6.45, 7) is 0.492. The summed E-state index contributed by atoms with van der Waals surface area (Å²) in [4.78, 5) is 7.73. The van der Waals surface area contributed by atoms with E-state index < -0.39 is 0 Å². The number of benzene rings is 2. The highest BCUT2D eigenvalue weighted by atomic mass is 19.1. The van der Waals surface area contributed by atoms with Gasteiger partial charge in [0.1, 0.15) is 0 Å². The summed E-state index contributed by atoms with van der Waals surface area (Å²) in [5, 5.41) is 3.34. The van der Waals surface area contributed by atoms with Gasteiger partial charge in [-0.15, -0.1) is 0 Å². The molecule has 0 saturated carbocycles. The molecule has 1 aliphatic heterocycles. The summed E-state index contributed by atoms with van der Waals surface area (Å²) in [7, 11) is 0. The number of fused-ring (bicyclic) bond motifs is 2. The number of nitrogens with zero attached hydrogens (tertiary/aromatic N) is 1. The highest BCUT2D eigenvalue weighted by molar-refractivity contribution is 5.77. The number of hydrogen-bond acceptors (Lipinski definition) is 3. The number of aromatic amines is 1. The third kappa shape index (κ3) is 2.11. The zero-order chi connectivity index (χ0) is 14.2. The van der Waals surface area contributed by atoms with Crippen LogP contribution >= 0.6 is 0 Å².